The van der Waals surface area contributed by atoms with E-state index in [0.717, 1.165) is 5.56 Å². The summed E-state index contributed by atoms with van der Waals surface area (Å²) in [5.41, 5.74) is -0.925. The summed E-state index contributed by atoms with van der Waals surface area (Å²) in [5, 5.41) is 0. The van der Waals surface area contributed by atoms with Crippen molar-refractivity contribution in [2.75, 3.05) is 26.9 Å². The van der Waals surface area contributed by atoms with Gasteiger partial charge in [-0.3, -0.25) is 9.69 Å². The summed E-state index contributed by atoms with van der Waals surface area (Å²) in [7, 11) is 1.24. The zero-order chi connectivity index (χ0) is 19.2. The van der Waals surface area contributed by atoms with Crippen LogP contribution in [0, 0.1) is 5.92 Å². The lowest BCUT2D eigenvalue weighted by molar-refractivity contribution is -0.181. The highest BCUT2D eigenvalue weighted by Gasteiger charge is 2.65. The molecule has 0 aliphatic carbocycles. The van der Waals surface area contributed by atoms with Gasteiger partial charge in [0.15, 0.2) is 0 Å². The Morgan fingerprint density at radius 2 is 1.65 bits per heavy atom. The normalized spacial score (nSPS) is 19.0. The van der Waals surface area contributed by atoms with Crippen LogP contribution in [0.4, 0.5) is 0 Å². The number of benzene rings is 1. The minimum absolute atomic E-state index is 0.0903. The van der Waals surface area contributed by atoms with E-state index in [1.807, 2.05) is 30.3 Å². The Morgan fingerprint density at radius 3 is 2.15 bits per heavy atom. The molecule has 1 unspecified atom stereocenters. The standard InChI is InChI=1S/C19H25NO6/c1-4-25-17(22)19(18(23)26-5-2)15(16(21)24-3)11-12-20(19)13-14-9-7-6-8-10-14/h6-10,15H,4-5,11-13H2,1-3H3. The van der Waals surface area contributed by atoms with Gasteiger partial charge in [-0.05, 0) is 25.8 Å². The number of likely N-dealkylation sites (tertiary alicyclic amines) is 1. The summed E-state index contributed by atoms with van der Waals surface area (Å²) >= 11 is 0. The number of ether oxygens (including phenoxy) is 3. The SMILES string of the molecule is CCOC(=O)C1(C(=O)OCC)C(C(=O)OC)CCN1Cc1ccccc1. The Hall–Kier alpha value is -2.41. The van der Waals surface area contributed by atoms with Crippen LogP contribution >= 0.6 is 0 Å². The van der Waals surface area contributed by atoms with Crippen molar-refractivity contribution in [1.29, 1.82) is 0 Å². The van der Waals surface area contributed by atoms with E-state index in [0.29, 0.717) is 19.5 Å². The largest absolute Gasteiger partial charge is 0.469 e. The number of esters is 3. The summed E-state index contributed by atoms with van der Waals surface area (Å²) < 4.78 is 15.3. The average Bonchev–Trinajstić information content (AvgIpc) is 3.02. The number of methoxy groups -OCH3 is 1. The number of hydrogen-bond donors (Lipinski definition) is 0. The van der Waals surface area contributed by atoms with Crippen LogP contribution in [-0.4, -0.2) is 55.2 Å². The van der Waals surface area contributed by atoms with Crippen molar-refractivity contribution in [3.05, 3.63) is 35.9 Å². The fourth-order valence-electron chi connectivity index (χ4n) is 3.44. The van der Waals surface area contributed by atoms with E-state index in [2.05, 4.69) is 0 Å². The smallest absolute Gasteiger partial charge is 0.339 e. The molecule has 1 aromatic carbocycles. The average molecular weight is 363 g/mol. The maximum absolute atomic E-state index is 12.9. The Morgan fingerprint density at radius 1 is 1.08 bits per heavy atom. The zero-order valence-electron chi connectivity index (χ0n) is 15.4. The van der Waals surface area contributed by atoms with E-state index in [1.54, 1.807) is 18.7 Å². The summed E-state index contributed by atoms with van der Waals surface area (Å²) in [6, 6.07) is 9.42. The third kappa shape index (κ3) is 3.58. The van der Waals surface area contributed by atoms with Gasteiger partial charge < -0.3 is 14.2 Å². The first-order valence-corrected chi connectivity index (χ1v) is 8.73. The first kappa shape index (κ1) is 19.9. The lowest BCUT2D eigenvalue weighted by Gasteiger charge is -2.36. The molecule has 0 N–H and O–H groups in total. The predicted molar refractivity (Wildman–Crippen MR) is 93.0 cm³/mol. The third-order valence-electron chi connectivity index (χ3n) is 4.57. The number of rotatable bonds is 7. The van der Waals surface area contributed by atoms with E-state index < -0.39 is 29.4 Å². The molecule has 2 rings (SSSR count). The molecular formula is C19H25NO6. The highest BCUT2D eigenvalue weighted by atomic mass is 16.6. The number of hydrogen-bond acceptors (Lipinski definition) is 7. The first-order valence-electron chi connectivity index (χ1n) is 8.73. The maximum atomic E-state index is 12.9. The van der Waals surface area contributed by atoms with Crippen LogP contribution in [0.3, 0.4) is 0 Å². The molecule has 0 saturated carbocycles. The highest BCUT2D eigenvalue weighted by Crippen LogP contribution is 2.39. The van der Waals surface area contributed by atoms with Crippen LogP contribution in [0.15, 0.2) is 30.3 Å². The highest BCUT2D eigenvalue weighted by molar-refractivity contribution is 6.09. The van der Waals surface area contributed by atoms with Gasteiger partial charge in [0.2, 0.25) is 5.54 Å². The first-order chi connectivity index (χ1) is 12.5. The molecule has 1 heterocycles. The molecule has 0 bridgehead atoms. The van der Waals surface area contributed by atoms with E-state index in [4.69, 9.17) is 14.2 Å². The van der Waals surface area contributed by atoms with Crippen molar-refractivity contribution in [2.24, 2.45) is 5.92 Å². The van der Waals surface area contributed by atoms with Gasteiger partial charge in [0, 0.05) is 13.1 Å². The second-order valence-corrected chi connectivity index (χ2v) is 5.98. The van der Waals surface area contributed by atoms with Crippen LogP contribution < -0.4 is 0 Å². The van der Waals surface area contributed by atoms with Gasteiger partial charge in [0.1, 0.15) is 0 Å². The molecule has 0 spiro atoms. The minimum atomic E-state index is -1.84. The monoisotopic (exact) mass is 363 g/mol. The van der Waals surface area contributed by atoms with Crippen LogP contribution in [-0.2, 0) is 35.1 Å². The van der Waals surface area contributed by atoms with Gasteiger partial charge >= 0.3 is 17.9 Å². The van der Waals surface area contributed by atoms with E-state index in [9.17, 15) is 14.4 Å². The molecule has 0 radical (unpaired) electrons. The topological polar surface area (TPSA) is 82.1 Å². The molecule has 1 atom stereocenters. The quantitative estimate of drug-likeness (QED) is 0.413. The minimum Gasteiger partial charge on any atom is -0.469 e. The Labute approximate surface area is 153 Å². The van der Waals surface area contributed by atoms with Crippen LogP contribution in [0.1, 0.15) is 25.8 Å². The van der Waals surface area contributed by atoms with Crippen LogP contribution in [0.25, 0.3) is 0 Å². The molecule has 0 amide bonds. The molecule has 1 fully saturated rings. The molecule has 1 saturated heterocycles. The van der Waals surface area contributed by atoms with E-state index in [-0.39, 0.29) is 13.2 Å². The number of carbonyl (C=O) groups excluding carboxylic acids is 3. The van der Waals surface area contributed by atoms with Gasteiger partial charge in [0.05, 0.1) is 26.2 Å². The predicted octanol–water partition coefficient (Wildman–Crippen LogP) is 1.55. The summed E-state index contributed by atoms with van der Waals surface area (Å²) in [6.45, 7) is 4.17. The summed E-state index contributed by atoms with van der Waals surface area (Å²) in [4.78, 5) is 39.9. The van der Waals surface area contributed by atoms with Gasteiger partial charge in [-0.2, -0.15) is 0 Å². The van der Waals surface area contributed by atoms with Crippen molar-refractivity contribution < 1.29 is 28.6 Å². The molecule has 0 aromatic heterocycles. The lowest BCUT2D eigenvalue weighted by atomic mass is 9.84. The van der Waals surface area contributed by atoms with E-state index >= 15 is 0 Å². The fourth-order valence-corrected chi connectivity index (χ4v) is 3.44. The van der Waals surface area contributed by atoms with E-state index in [1.165, 1.54) is 7.11 Å². The third-order valence-corrected chi connectivity index (χ3v) is 4.57. The van der Waals surface area contributed by atoms with Gasteiger partial charge in [-0.1, -0.05) is 30.3 Å². The Bertz CT molecular complexity index is 627. The Balaban J connectivity index is 2.51. The van der Waals surface area contributed by atoms with Crippen molar-refractivity contribution in [1.82, 2.24) is 4.90 Å². The Kier molecular flexibility index (Phi) is 6.74. The second-order valence-electron chi connectivity index (χ2n) is 5.98. The second kappa shape index (κ2) is 8.80. The molecule has 7 heteroatoms. The van der Waals surface area contributed by atoms with Gasteiger partial charge in [0.25, 0.3) is 0 Å². The molecule has 1 aliphatic rings. The summed E-state index contributed by atoms with van der Waals surface area (Å²) in [6.07, 6.45) is 0.303. The van der Waals surface area contributed by atoms with Crippen LogP contribution in [0.2, 0.25) is 0 Å². The van der Waals surface area contributed by atoms with Crippen LogP contribution in [0.5, 0.6) is 0 Å². The molecule has 26 heavy (non-hydrogen) atoms. The molecule has 7 nitrogen and oxygen atoms in total. The maximum Gasteiger partial charge on any atom is 0.339 e. The van der Waals surface area contributed by atoms with Crippen molar-refractivity contribution in [3.63, 3.8) is 0 Å². The molecule has 1 aliphatic heterocycles. The fraction of sp³-hybridized carbons (Fsp3) is 0.526. The summed E-state index contributed by atoms with van der Waals surface area (Å²) in [5.74, 6) is -3.15. The van der Waals surface area contributed by atoms with Crippen molar-refractivity contribution in [3.8, 4) is 0 Å². The lowest BCUT2D eigenvalue weighted by Crippen LogP contribution is -2.62. The van der Waals surface area contributed by atoms with Gasteiger partial charge in [-0.25, -0.2) is 9.59 Å². The molecule has 142 valence electrons. The van der Waals surface area contributed by atoms with Gasteiger partial charge in [-0.15, -0.1) is 0 Å². The van der Waals surface area contributed by atoms with Crippen molar-refractivity contribution in [2.45, 2.75) is 32.4 Å². The molecular weight excluding hydrogens is 338 g/mol. The number of nitrogens with zero attached hydrogens (tertiary/aromatic N) is 1. The number of carbonyl (C=O) groups is 3. The zero-order valence-corrected chi connectivity index (χ0v) is 15.4. The molecule has 1 aromatic rings. The van der Waals surface area contributed by atoms with Crippen molar-refractivity contribution >= 4 is 17.9 Å².